The predicted molar refractivity (Wildman–Crippen MR) is 159 cm³/mol. The molecule has 0 bridgehead atoms. The van der Waals surface area contributed by atoms with Gasteiger partial charge in [-0.2, -0.15) is 10.3 Å². The Morgan fingerprint density at radius 2 is 0.292 bits per heavy atom. The number of carbonyl (C=O) groups is 9. The number of rotatable bonds is 0. The van der Waals surface area contributed by atoms with Crippen molar-refractivity contribution in [3.05, 3.63) is 10.8 Å². The van der Waals surface area contributed by atoms with Crippen molar-refractivity contribution in [1.82, 2.24) is 0 Å². The summed E-state index contributed by atoms with van der Waals surface area (Å²) in [6.45, 7) is 0. The summed E-state index contributed by atoms with van der Waals surface area (Å²) >= 11 is 7.40. The van der Waals surface area contributed by atoms with Gasteiger partial charge in [0, 0.05) is 59.9 Å². The summed E-state index contributed by atoms with van der Waals surface area (Å²) in [5, 5.41) is 16.9. The van der Waals surface area contributed by atoms with Crippen LogP contribution >= 0.6 is 24.4 Å². The summed E-state index contributed by atoms with van der Waals surface area (Å²) in [6, 6.07) is -7.50. The van der Waals surface area contributed by atoms with Crippen molar-refractivity contribution in [3.8, 4) is 0 Å². The SMILES string of the molecule is NC(N)=O.NC(N)=O.NC(N)=O.NC(N)=O.NC(N)=O.NC(N)=O.NC(N)=O.NC(N)=O.NC(N)=O.[N-]=C=S.[N-]=C=S.[Np].[Np].[O-2].[O-2].[O-2].[O-2]. The molecule has 0 aromatic rings. The van der Waals surface area contributed by atoms with Crippen molar-refractivity contribution in [2.45, 2.75) is 0 Å². The minimum absolute atomic E-state index is 0. The van der Waals surface area contributed by atoms with E-state index in [4.69, 9.17) is 54.0 Å². The number of thiocarbonyl (C=S) groups is 2. The van der Waals surface area contributed by atoms with Gasteiger partial charge in [0.1, 0.15) is 0 Å². The summed E-state index contributed by atoms with van der Waals surface area (Å²) in [7, 11) is 0. The van der Waals surface area contributed by atoms with Crippen LogP contribution in [-0.4, -0.2) is 64.6 Å². The van der Waals surface area contributed by atoms with Crippen molar-refractivity contribution in [2.24, 2.45) is 103 Å². The number of carbonyl (C=O) groups excluding carboxylic acids is 9. The average molecular weight is 1190 g/mol. The third-order valence-corrected chi connectivity index (χ3v) is 0. The van der Waals surface area contributed by atoms with E-state index in [9.17, 15) is 0 Å². The van der Waals surface area contributed by atoms with Crippen LogP contribution < -0.4 is 103 Å². The van der Waals surface area contributed by atoms with Crippen molar-refractivity contribution in [1.29, 1.82) is 0 Å². The van der Waals surface area contributed by atoms with E-state index in [0.717, 1.165) is 0 Å². The quantitative estimate of drug-likeness (QED) is 0.0798. The van der Waals surface area contributed by atoms with Crippen molar-refractivity contribution in [3.63, 3.8) is 0 Å². The topological polar surface area (TPSA) is 781 Å². The van der Waals surface area contributed by atoms with Crippen molar-refractivity contribution >= 4 is 89.0 Å². The smallest absolute Gasteiger partial charge is 0.309 e. The Morgan fingerprint density at radius 3 is 0.292 bits per heavy atom. The summed E-state index contributed by atoms with van der Waals surface area (Å²) in [6.07, 6.45) is 0. The maximum absolute atomic E-state index is 9.00. The third kappa shape index (κ3) is 2500. The van der Waals surface area contributed by atoms with Gasteiger partial charge in [0.05, 0.1) is 0 Å². The normalized spacial score (nSPS) is 4.83. The zero-order chi connectivity index (χ0) is 37.6. The van der Waals surface area contributed by atoms with Crippen LogP contribution in [0.15, 0.2) is 0 Å². The fourth-order valence-corrected chi connectivity index (χ4v) is 0. The standard InChI is InChI=1S/9CH4N2O.2CNS.2Np.4O/c9*2-1(3)4;2*2-1-3;;;;;;/h9*(H4,2,3,4);;;;;;;;/q;;;;;;;;;2*-1;;;4*-2. The molecule has 0 aromatic carbocycles. The Balaban J connectivity index is -0.0000000145. The number of hydrogen-bond donors (Lipinski definition) is 18. The number of nitrogens with zero attached hydrogens (tertiary/aromatic N) is 2. The number of urea groups is 9. The number of nitrogens with two attached hydrogens (primary N) is 18. The van der Waals surface area contributed by atoms with Gasteiger partial charge in [0.15, 0.2) is 0 Å². The third-order valence-electron chi connectivity index (χ3n) is 0. The van der Waals surface area contributed by atoms with E-state index in [0.29, 0.717) is 0 Å². The monoisotopic (exact) mass is 1190 g/mol. The summed E-state index contributed by atoms with van der Waals surface area (Å²) in [4.78, 5) is 81.0. The second-order valence-corrected chi connectivity index (χ2v) is 4.17. The molecule has 0 atom stereocenters. The van der Waals surface area contributed by atoms with Crippen LogP contribution in [0.1, 0.15) is 0 Å². The van der Waals surface area contributed by atoms with Gasteiger partial charge in [-0.05, 0) is 0 Å². The zero-order valence-electron chi connectivity index (χ0n) is 23.8. The van der Waals surface area contributed by atoms with Crippen LogP contribution in [0.4, 0.5) is 43.2 Å². The number of hydrogen-bond acceptors (Lipinski definition) is 11. The van der Waals surface area contributed by atoms with Gasteiger partial charge in [-0.25, -0.2) is 43.2 Å². The second kappa shape index (κ2) is 123. The summed E-state index contributed by atoms with van der Waals surface area (Å²) < 4.78 is 0. The first-order valence-electron chi connectivity index (χ1n) is 7.89. The molecule has 0 unspecified atom stereocenters. The van der Waals surface area contributed by atoms with Crippen molar-refractivity contribution in [2.75, 3.05) is 0 Å². The van der Waals surface area contributed by atoms with Crippen molar-refractivity contribution < 1.29 is 125 Å². The van der Waals surface area contributed by atoms with Gasteiger partial charge in [0.25, 0.3) is 0 Å². The predicted octanol–water partition coefficient (Wildman–Crippen LogP) is -7.94. The minimum atomic E-state index is -0.833. The zero-order valence-corrected chi connectivity index (χ0v) is 32.9. The first-order chi connectivity index (χ1) is 18.4. The minimum Gasteiger partial charge on any atom is -2.00 e. The van der Waals surface area contributed by atoms with Crippen LogP contribution in [0, 0.1) is 59.9 Å². The molecular formula is C11H36N20Np2O13S2-10. The Labute approximate surface area is 326 Å². The largest absolute Gasteiger partial charge is 2.00 e. The molecular weight excluding hydrogens is 1160 g/mol. The van der Waals surface area contributed by atoms with Crippen LogP contribution in [0.2, 0.25) is 0 Å². The van der Waals surface area contributed by atoms with E-state index in [1.807, 2.05) is 0 Å². The van der Waals surface area contributed by atoms with E-state index in [1.54, 1.807) is 0 Å². The molecule has 290 valence electrons. The van der Waals surface area contributed by atoms with Crippen LogP contribution in [0.25, 0.3) is 10.8 Å². The van der Waals surface area contributed by atoms with Crippen LogP contribution in [-0.2, 0) is 21.9 Å². The van der Waals surface area contributed by atoms with Gasteiger partial charge >= 0.3 is 54.3 Å². The van der Waals surface area contributed by atoms with Gasteiger partial charge in [-0.1, -0.05) is 24.4 Å². The number of amides is 18. The maximum Gasteiger partial charge on any atom is 0.309 e. The van der Waals surface area contributed by atoms with E-state index in [-0.39, 0.29) is 81.8 Å². The average Bonchev–Trinajstić information content (AvgIpc) is 2.57. The van der Waals surface area contributed by atoms with Crippen LogP contribution in [0.5, 0.6) is 0 Å². The molecule has 36 N–H and O–H groups in total. The Morgan fingerprint density at radius 1 is 0.292 bits per heavy atom. The molecule has 48 heavy (non-hydrogen) atoms. The first kappa shape index (κ1) is 112. The maximum atomic E-state index is 9.00. The summed E-state index contributed by atoms with van der Waals surface area (Å²) in [5.41, 5.74) is 76.5. The Kier molecular flexibility index (Phi) is 287. The van der Waals surface area contributed by atoms with Gasteiger partial charge in [-0.15, -0.1) is 0 Å². The molecule has 33 nitrogen and oxygen atoms in total. The molecule has 0 aliphatic heterocycles. The molecule has 0 aliphatic rings. The molecule has 0 aromatic heterocycles. The molecule has 0 heterocycles. The molecule has 0 aliphatic carbocycles. The molecule has 0 spiro atoms. The van der Waals surface area contributed by atoms with Gasteiger partial charge < -0.3 is 136 Å². The molecule has 0 saturated carbocycles. The molecule has 18 amide bonds. The Hall–Kier alpha value is -5.10. The number of isothiocyanates is 2. The second-order valence-electron chi connectivity index (χ2n) is 3.80. The fourth-order valence-electron chi connectivity index (χ4n) is 0. The fraction of sp³-hybridized carbons (Fsp3) is 0. The van der Waals surface area contributed by atoms with E-state index in [2.05, 4.69) is 128 Å². The first-order valence-corrected chi connectivity index (χ1v) is 8.71. The van der Waals surface area contributed by atoms with Gasteiger partial charge in [-0.3, -0.25) is 0 Å². The molecule has 37 heteroatoms. The van der Waals surface area contributed by atoms with E-state index >= 15 is 0 Å². The molecule has 0 saturated heterocycles. The molecule has 2 radical (unpaired) electrons. The van der Waals surface area contributed by atoms with Gasteiger partial charge in [0.2, 0.25) is 0 Å². The van der Waals surface area contributed by atoms with Crippen LogP contribution in [0.3, 0.4) is 0 Å². The van der Waals surface area contributed by atoms with E-state index in [1.165, 1.54) is 10.3 Å². The van der Waals surface area contributed by atoms with E-state index < -0.39 is 54.3 Å². The number of primary amides is 18. The molecule has 0 fully saturated rings. The molecule has 0 rings (SSSR count). The summed E-state index contributed by atoms with van der Waals surface area (Å²) in [5.74, 6) is 0. The Bertz CT molecular complexity index is 614.